The Morgan fingerprint density at radius 1 is 0.963 bits per heavy atom. The van der Waals surface area contributed by atoms with Gasteiger partial charge in [0.25, 0.3) is 0 Å². The zero-order valence-electron chi connectivity index (χ0n) is 15.7. The van der Waals surface area contributed by atoms with Gasteiger partial charge in [-0.3, -0.25) is 5.43 Å². The highest BCUT2D eigenvalue weighted by Crippen LogP contribution is 2.31. The topological polar surface area (TPSA) is 55.7 Å². The Bertz CT molecular complexity index is 887. The second-order valence-corrected chi connectivity index (χ2v) is 6.96. The van der Waals surface area contributed by atoms with Gasteiger partial charge in [0.1, 0.15) is 11.5 Å². The second kappa shape index (κ2) is 9.19. The molecule has 0 aliphatic heterocycles. The van der Waals surface area contributed by atoms with Gasteiger partial charge in [-0.15, -0.1) is 11.3 Å². The van der Waals surface area contributed by atoms with Crippen LogP contribution in [0.4, 0.5) is 5.13 Å². The third kappa shape index (κ3) is 5.08. The fourth-order valence-corrected chi connectivity index (χ4v) is 3.35. The summed E-state index contributed by atoms with van der Waals surface area (Å²) in [5.74, 6) is 1.73. The molecule has 0 bridgehead atoms. The first kappa shape index (κ1) is 18.9. The van der Waals surface area contributed by atoms with Gasteiger partial charge in [-0.1, -0.05) is 0 Å². The van der Waals surface area contributed by atoms with E-state index in [1.54, 1.807) is 17.6 Å². The van der Waals surface area contributed by atoms with Crippen LogP contribution < -0.4 is 14.9 Å². The molecule has 0 radical (unpaired) electrons. The number of rotatable bonds is 8. The summed E-state index contributed by atoms with van der Waals surface area (Å²) in [7, 11) is 0. The summed E-state index contributed by atoms with van der Waals surface area (Å²) in [6.07, 6.45) is 1.77. The van der Waals surface area contributed by atoms with Gasteiger partial charge < -0.3 is 9.47 Å². The molecule has 3 aromatic rings. The van der Waals surface area contributed by atoms with Crippen molar-refractivity contribution in [3.8, 4) is 22.8 Å². The molecule has 0 saturated heterocycles. The molecule has 0 aliphatic rings. The summed E-state index contributed by atoms with van der Waals surface area (Å²) < 4.78 is 10.9. The summed E-state index contributed by atoms with van der Waals surface area (Å²) in [5.41, 5.74) is 6.03. The van der Waals surface area contributed by atoms with Gasteiger partial charge in [0.15, 0.2) is 0 Å². The lowest BCUT2D eigenvalue weighted by Crippen LogP contribution is -1.93. The van der Waals surface area contributed by atoms with Crippen LogP contribution in [0.2, 0.25) is 0 Å². The van der Waals surface area contributed by atoms with Crippen molar-refractivity contribution in [2.75, 3.05) is 18.6 Å². The highest BCUT2D eigenvalue weighted by atomic mass is 32.1. The Hall–Kier alpha value is -2.86. The maximum Gasteiger partial charge on any atom is 0.204 e. The van der Waals surface area contributed by atoms with Gasteiger partial charge in [0.05, 0.1) is 25.1 Å². The molecule has 0 spiro atoms. The van der Waals surface area contributed by atoms with E-state index in [0.717, 1.165) is 38.3 Å². The van der Waals surface area contributed by atoms with Gasteiger partial charge in [0, 0.05) is 10.4 Å². The quantitative estimate of drug-likeness (QED) is 0.421. The molecule has 2 aromatic carbocycles. The summed E-state index contributed by atoms with van der Waals surface area (Å²) >= 11 is 1.58. The number of thiazole rings is 1. The van der Waals surface area contributed by atoms with Gasteiger partial charge in [-0.05, 0) is 74.9 Å². The third-order valence-corrected chi connectivity index (χ3v) is 4.68. The molecular formula is C21H23N3O2S. The minimum absolute atomic E-state index is 0.662. The molecule has 27 heavy (non-hydrogen) atoms. The SMILES string of the molecule is CCOc1ccc(/C=N\Nc2nc(-c3ccc(OCC)cc3)c(C)s2)cc1. The van der Waals surface area contributed by atoms with Crippen LogP contribution in [0.5, 0.6) is 11.5 Å². The van der Waals surface area contributed by atoms with Crippen molar-refractivity contribution in [3.63, 3.8) is 0 Å². The van der Waals surface area contributed by atoms with Crippen molar-refractivity contribution in [2.24, 2.45) is 5.10 Å². The van der Waals surface area contributed by atoms with Crippen molar-refractivity contribution >= 4 is 22.7 Å². The van der Waals surface area contributed by atoms with Crippen LogP contribution in [0, 0.1) is 6.92 Å². The van der Waals surface area contributed by atoms with Crippen LogP contribution in [-0.4, -0.2) is 24.4 Å². The van der Waals surface area contributed by atoms with E-state index < -0.39 is 0 Å². The van der Waals surface area contributed by atoms with Gasteiger partial charge in [0.2, 0.25) is 5.13 Å². The second-order valence-electron chi connectivity index (χ2n) is 5.75. The van der Waals surface area contributed by atoms with E-state index in [-0.39, 0.29) is 0 Å². The highest BCUT2D eigenvalue weighted by molar-refractivity contribution is 7.15. The first-order valence-corrected chi connectivity index (χ1v) is 9.73. The number of aromatic nitrogens is 1. The molecule has 140 valence electrons. The summed E-state index contributed by atoms with van der Waals surface area (Å²) in [4.78, 5) is 5.80. The number of aryl methyl sites for hydroxylation is 1. The van der Waals surface area contributed by atoms with E-state index in [4.69, 9.17) is 9.47 Å². The lowest BCUT2D eigenvalue weighted by atomic mass is 10.1. The molecule has 6 heteroatoms. The van der Waals surface area contributed by atoms with E-state index >= 15 is 0 Å². The van der Waals surface area contributed by atoms with Crippen LogP contribution in [-0.2, 0) is 0 Å². The molecule has 3 rings (SSSR count). The molecule has 0 amide bonds. The van der Waals surface area contributed by atoms with Crippen molar-refractivity contribution in [2.45, 2.75) is 20.8 Å². The van der Waals surface area contributed by atoms with Crippen molar-refractivity contribution in [1.82, 2.24) is 4.98 Å². The van der Waals surface area contributed by atoms with Gasteiger partial charge >= 0.3 is 0 Å². The average molecular weight is 382 g/mol. The molecule has 1 N–H and O–H groups in total. The summed E-state index contributed by atoms with van der Waals surface area (Å²) in [6.45, 7) is 7.33. The van der Waals surface area contributed by atoms with E-state index in [9.17, 15) is 0 Å². The van der Waals surface area contributed by atoms with E-state index in [1.807, 2.05) is 62.4 Å². The van der Waals surface area contributed by atoms with Crippen molar-refractivity contribution < 1.29 is 9.47 Å². The highest BCUT2D eigenvalue weighted by Gasteiger charge is 2.09. The Kier molecular flexibility index (Phi) is 6.44. The molecule has 5 nitrogen and oxygen atoms in total. The minimum Gasteiger partial charge on any atom is -0.494 e. The number of anilines is 1. The molecule has 1 heterocycles. The van der Waals surface area contributed by atoms with E-state index in [2.05, 4.69) is 22.4 Å². The number of ether oxygens (including phenoxy) is 2. The molecule has 0 atom stereocenters. The van der Waals surface area contributed by atoms with E-state index in [1.165, 1.54) is 0 Å². The Balaban J connectivity index is 1.65. The standard InChI is InChI=1S/C21H23N3O2S/c1-4-25-18-10-6-16(7-11-18)14-22-24-21-23-20(15(3)27-21)17-8-12-19(13-9-17)26-5-2/h6-14H,4-5H2,1-3H3,(H,23,24)/b22-14-. The Morgan fingerprint density at radius 2 is 1.56 bits per heavy atom. The maximum absolute atomic E-state index is 5.49. The lowest BCUT2D eigenvalue weighted by Gasteiger charge is -2.03. The first-order chi connectivity index (χ1) is 13.2. The Labute approximate surface area is 163 Å². The minimum atomic E-state index is 0.662. The Morgan fingerprint density at radius 3 is 2.15 bits per heavy atom. The number of hydrogen-bond donors (Lipinski definition) is 1. The monoisotopic (exact) mass is 381 g/mol. The largest absolute Gasteiger partial charge is 0.494 e. The van der Waals surface area contributed by atoms with Gasteiger partial charge in [-0.2, -0.15) is 5.10 Å². The third-order valence-electron chi connectivity index (χ3n) is 3.80. The van der Waals surface area contributed by atoms with Gasteiger partial charge in [-0.25, -0.2) is 4.98 Å². The fourth-order valence-electron chi connectivity index (χ4n) is 2.57. The summed E-state index contributed by atoms with van der Waals surface area (Å²) in [6, 6.07) is 15.8. The number of nitrogens with zero attached hydrogens (tertiary/aromatic N) is 2. The number of benzene rings is 2. The van der Waals surface area contributed by atoms with Crippen LogP contribution >= 0.6 is 11.3 Å². The molecule has 0 fully saturated rings. The molecule has 0 aliphatic carbocycles. The number of nitrogens with one attached hydrogen (secondary N) is 1. The lowest BCUT2D eigenvalue weighted by molar-refractivity contribution is 0.340. The normalized spacial score (nSPS) is 10.9. The van der Waals surface area contributed by atoms with E-state index in [0.29, 0.717) is 13.2 Å². The van der Waals surface area contributed by atoms with Crippen LogP contribution in [0.15, 0.2) is 53.6 Å². The van der Waals surface area contributed by atoms with Crippen LogP contribution in [0.25, 0.3) is 11.3 Å². The predicted octanol–water partition coefficient (Wildman–Crippen LogP) is 5.36. The summed E-state index contributed by atoms with van der Waals surface area (Å²) in [5, 5.41) is 5.05. The van der Waals surface area contributed by atoms with Crippen LogP contribution in [0.1, 0.15) is 24.3 Å². The van der Waals surface area contributed by atoms with Crippen molar-refractivity contribution in [1.29, 1.82) is 0 Å². The molecule has 1 aromatic heterocycles. The molecule has 0 saturated carbocycles. The maximum atomic E-state index is 5.49. The van der Waals surface area contributed by atoms with Crippen LogP contribution in [0.3, 0.4) is 0 Å². The number of hydrogen-bond acceptors (Lipinski definition) is 6. The number of hydrazone groups is 1. The smallest absolute Gasteiger partial charge is 0.204 e. The fraction of sp³-hybridized carbons (Fsp3) is 0.238. The zero-order chi connectivity index (χ0) is 19.1. The predicted molar refractivity (Wildman–Crippen MR) is 112 cm³/mol. The van der Waals surface area contributed by atoms with Crippen molar-refractivity contribution in [3.05, 3.63) is 59.0 Å². The molecular weight excluding hydrogens is 358 g/mol. The average Bonchev–Trinajstić information content (AvgIpc) is 3.05. The zero-order valence-corrected chi connectivity index (χ0v) is 16.5. The first-order valence-electron chi connectivity index (χ1n) is 8.92. The molecule has 0 unspecified atom stereocenters.